The summed E-state index contributed by atoms with van der Waals surface area (Å²) in [5.74, 6) is 0.854. The van der Waals surface area contributed by atoms with Crippen LogP contribution in [-0.2, 0) is 11.3 Å². The number of aliphatic imine (C=N–C) groups is 1. The van der Waals surface area contributed by atoms with Gasteiger partial charge in [-0.25, -0.2) is 0 Å². The standard InChI is InChI=1S/C11H11N3O/c15-10-5-6-12-11-13-9-4-2-1-3-8(9)7-14(10)11/h1-4H,5-7H2,(H,12,13). The van der Waals surface area contributed by atoms with Crippen LogP contribution in [0.1, 0.15) is 12.0 Å². The Morgan fingerprint density at radius 3 is 3.13 bits per heavy atom. The van der Waals surface area contributed by atoms with E-state index < -0.39 is 0 Å². The summed E-state index contributed by atoms with van der Waals surface area (Å²) < 4.78 is 0. The van der Waals surface area contributed by atoms with Gasteiger partial charge in [0.15, 0.2) is 0 Å². The predicted octanol–water partition coefficient (Wildman–Crippen LogP) is 1.20. The number of hydrogen-bond acceptors (Lipinski definition) is 3. The van der Waals surface area contributed by atoms with E-state index in [0.717, 1.165) is 11.3 Å². The lowest BCUT2D eigenvalue weighted by Crippen LogP contribution is -2.46. The molecule has 2 aliphatic heterocycles. The molecule has 4 heteroatoms. The molecule has 0 unspecified atom stereocenters. The molecule has 0 radical (unpaired) electrons. The minimum atomic E-state index is 0.155. The molecular weight excluding hydrogens is 190 g/mol. The fraction of sp³-hybridized carbons (Fsp3) is 0.273. The normalized spacial score (nSPS) is 18.8. The molecule has 0 aromatic heterocycles. The molecule has 15 heavy (non-hydrogen) atoms. The molecule has 3 rings (SSSR count). The number of carbonyl (C=O) groups excluding carboxylic acids is 1. The van der Waals surface area contributed by atoms with E-state index in [2.05, 4.69) is 10.3 Å². The topological polar surface area (TPSA) is 44.7 Å². The molecular formula is C11H11N3O. The van der Waals surface area contributed by atoms with Gasteiger partial charge >= 0.3 is 0 Å². The van der Waals surface area contributed by atoms with Crippen LogP contribution >= 0.6 is 0 Å². The predicted molar refractivity (Wildman–Crippen MR) is 57.5 cm³/mol. The maximum Gasteiger partial charge on any atom is 0.231 e. The number of rotatable bonds is 0. The summed E-state index contributed by atoms with van der Waals surface area (Å²) in [5, 5.41) is 3.18. The van der Waals surface area contributed by atoms with Gasteiger partial charge in [-0.05, 0) is 11.6 Å². The third-order valence-corrected chi connectivity index (χ3v) is 2.74. The van der Waals surface area contributed by atoms with Crippen molar-refractivity contribution in [2.45, 2.75) is 13.0 Å². The second-order valence-electron chi connectivity index (χ2n) is 3.72. The molecule has 0 spiro atoms. The second-order valence-corrected chi connectivity index (χ2v) is 3.72. The van der Waals surface area contributed by atoms with Crippen LogP contribution in [0.5, 0.6) is 0 Å². The summed E-state index contributed by atoms with van der Waals surface area (Å²) in [5.41, 5.74) is 2.20. The number of nitrogens with zero attached hydrogens (tertiary/aromatic N) is 2. The van der Waals surface area contributed by atoms with Crippen molar-refractivity contribution in [3.63, 3.8) is 0 Å². The van der Waals surface area contributed by atoms with E-state index in [0.29, 0.717) is 25.5 Å². The van der Waals surface area contributed by atoms with Crippen LogP contribution < -0.4 is 5.32 Å². The number of guanidine groups is 1. The van der Waals surface area contributed by atoms with E-state index in [1.807, 2.05) is 24.3 Å². The Labute approximate surface area is 87.6 Å². The van der Waals surface area contributed by atoms with Crippen LogP contribution in [0, 0.1) is 0 Å². The highest BCUT2D eigenvalue weighted by Gasteiger charge is 2.27. The van der Waals surface area contributed by atoms with Crippen molar-refractivity contribution in [2.24, 2.45) is 4.99 Å². The smallest absolute Gasteiger partial charge is 0.231 e. The average molecular weight is 201 g/mol. The summed E-state index contributed by atoms with van der Waals surface area (Å²) in [7, 11) is 0. The van der Waals surface area contributed by atoms with Gasteiger partial charge in [-0.2, -0.15) is 0 Å². The third kappa shape index (κ3) is 1.29. The van der Waals surface area contributed by atoms with Gasteiger partial charge < -0.3 is 5.32 Å². The van der Waals surface area contributed by atoms with Gasteiger partial charge in [0.05, 0.1) is 13.1 Å². The highest BCUT2D eigenvalue weighted by Crippen LogP contribution is 2.24. The van der Waals surface area contributed by atoms with Crippen LogP contribution in [0.4, 0.5) is 5.69 Å². The molecule has 76 valence electrons. The summed E-state index contributed by atoms with van der Waals surface area (Å²) in [6.07, 6.45) is 0.521. The Balaban J connectivity index is 2.04. The van der Waals surface area contributed by atoms with E-state index in [4.69, 9.17) is 0 Å². The number of fused-ring (bicyclic) bond motifs is 2. The van der Waals surface area contributed by atoms with Crippen LogP contribution in [0.2, 0.25) is 0 Å². The molecule has 1 amide bonds. The van der Waals surface area contributed by atoms with Gasteiger partial charge in [0.1, 0.15) is 0 Å². The van der Waals surface area contributed by atoms with Crippen molar-refractivity contribution in [3.05, 3.63) is 29.8 Å². The maximum absolute atomic E-state index is 11.6. The van der Waals surface area contributed by atoms with E-state index in [1.165, 1.54) is 0 Å². The Morgan fingerprint density at radius 2 is 2.20 bits per heavy atom. The zero-order valence-electron chi connectivity index (χ0n) is 8.23. The van der Waals surface area contributed by atoms with Crippen LogP contribution in [0.3, 0.4) is 0 Å². The van der Waals surface area contributed by atoms with Gasteiger partial charge in [-0.15, -0.1) is 0 Å². The molecule has 0 saturated carbocycles. The van der Waals surface area contributed by atoms with Crippen LogP contribution in [0.15, 0.2) is 29.3 Å². The van der Waals surface area contributed by atoms with E-state index in [-0.39, 0.29) is 5.91 Å². The first-order chi connectivity index (χ1) is 7.34. The zero-order chi connectivity index (χ0) is 10.3. The van der Waals surface area contributed by atoms with Gasteiger partial charge in [0, 0.05) is 12.1 Å². The zero-order valence-corrected chi connectivity index (χ0v) is 8.23. The summed E-state index contributed by atoms with van der Waals surface area (Å²) in [4.78, 5) is 17.7. The fourth-order valence-corrected chi connectivity index (χ4v) is 1.94. The number of hydrogen-bond donors (Lipinski definition) is 1. The molecule has 0 aliphatic carbocycles. The van der Waals surface area contributed by atoms with Gasteiger partial charge in [0.25, 0.3) is 0 Å². The van der Waals surface area contributed by atoms with Gasteiger partial charge in [-0.3, -0.25) is 14.7 Å². The lowest BCUT2D eigenvalue weighted by molar-refractivity contribution is -0.128. The van der Waals surface area contributed by atoms with Crippen LogP contribution in [0.25, 0.3) is 0 Å². The molecule has 2 heterocycles. The number of anilines is 1. The highest BCUT2D eigenvalue weighted by atomic mass is 16.2. The number of benzene rings is 1. The molecule has 0 saturated heterocycles. The molecule has 0 fully saturated rings. The number of amides is 1. The Bertz CT molecular complexity index is 453. The van der Waals surface area contributed by atoms with E-state index in [9.17, 15) is 4.79 Å². The highest BCUT2D eigenvalue weighted by molar-refractivity contribution is 6.07. The first kappa shape index (κ1) is 8.47. The Kier molecular flexibility index (Phi) is 1.74. The van der Waals surface area contributed by atoms with Crippen molar-refractivity contribution in [2.75, 3.05) is 11.9 Å². The van der Waals surface area contributed by atoms with Gasteiger partial charge in [-0.1, -0.05) is 18.2 Å². The fourth-order valence-electron chi connectivity index (χ4n) is 1.94. The second kappa shape index (κ2) is 3.08. The molecule has 2 aliphatic rings. The van der Waals surface area contributed by atoms with Crippen molar-refractivity contribution in [1.29, 1.82) is 0 Å². The largest absolute Gasteiger partial charge is 0.326 e. The minimum absolute atomic E-state index is 0.155. The van der Waals surface area contributed by atoms with Crippen LogP contribution in [-0.4, -0.2) is 23.3 Å². The molecule has 1 aromatic rings. The SMILES string of the molecule is O=C1CCN=C2Nc3ccccc3CN12. The van der Waals surface area contributed by atoms with Crippen molar-refractivity contribution in [3.8, 4) is 0 Å². The Hall–Kier alpha value is -1.84. The first-order valence-electron chi connectivity index (χ1n) is 5.04. The number of nitrogens with one attached hydrogen (secondary N) is 1. The quantitative estimate of drug-likeness (QED) is 0.685. The molecule has 0 bridgehead atoms. The first-order valence-corrected chi connectivity index (χ1v) is 5.04. The van der Waals surface area contributed by atoms with Crippen molar-refractivity contribution >= 4 is 17.6 Å². The van der Waals surface area contributed by atoms with E-state index in [1.54, 1.807) is 4.90 Å². The lowest BCUT2D eigenvalue weighted by Gasteiger charge is -2.33. The summed E-state index contributed by atoms with van der Waals surface area (Å²) in [6.45, 7) is 1.24. The van der Waals surface area contributed by atoms with Crippen molar-refractivity contribution in [1.82, 2.24) is 4.90 Å². The molecule has 1 N–H and O–H groups in total. The maximum atomic E-state index is 11.6. The van der Waals surface area contributed by atoms with Gasteiger partial charge in [0.2, 0.25) is 11.9 Å². The summed E-state index contributed by atoms with van der Waals surface area (Å²) >= 11 is 0. The minimum Gasteiger partial charge on any atom is -0.326 e. The number of carbonyl (C=O) groups is 1. The van der Waals surface area contributed by atoms with Crippen molar-refractivity contribution < 1.29 is 4.79 Å². The molecule has 1 aromatic carbocycles. The average Bonchev–Trinajstić information content (AvgIpc) is 2.27. The Morgan fingerprint density at radius 1 is 1.33 bits per heavy atom. The third-order valence-electron chi connectivity index (χ3n) is 2.74. The monoisotopic (exact) mass is 201 g/mol. The molecule has 4 nitrogen and oxygen atoms in total. The summed E-state index contributed by atoms with van der Waals surface area (Å²) in [6, 6.07) is 8.00. The number of para-hydroxylation sites is 1. The lowest BCUT2D eigenvalue weighted by atomic mass is 10.1. The van der Waals surface area contributed by atoms with E-state index >= 15 is 0 Å². The molecule has 0 atom stereocenters.